The number of halogens is 1. The van der Waals surface area contributed by atoms with E-state index in [2.05, 4.69) is 10.6 Å². The van der Waals surface area contributed by atoms with Crippen molar-refractivity contribution in [3.63, 3.8) is 0 Å². The zero-order chi connectivity index (χ0) is 12.8. The molecule has 2 rings (SSSR count). The van der Waals surface area contributed by atoms with Crippen molar-refractivity contribution in [3.05, 3.63) is 29.3 Å². The van der Waals surface area contributed by atoms with Gasteiger partial charge in [-0.15, -0.1) is 11.8 Å². The minimum Gasteiger partial charge on any atom is -0.324 e. The third kappa shape index (κ3) is 4.19. The summed E-state index contributed by atoms with van der Waals surface area (Å²) in [5.41, 5.74) is 0.687. The summed E-state index contributed by atoms with van der Waals surface area (Å²) in [6.45, 7) is 2.10. The van der Waals surface area contributed by atoms with Crippen molar-refractivity contribution >= 4 is 35.0 Å². The quantitative estimate of drug-likeness (QED) is 0.893. The summed E-state index contributed by atoms with van der Waals surface area (Å²) in [4.78, 5) is 11.8. The second kappa shape index (κ2) is 7.02. The number of hydrogen-bond acceptors (Lipinski definition) is 3. The van der Waals surface area contributed by atoms with E-state index < -0.39 is 0 Å². The number of rotatable bonds is 4. The maximum atomic E-state index is 11.8. The molecule has 0 saturated carbocycles. The lowest BCUT2D eigenvalue weighted by molar-refractivity contribution is -0.113. The highest BCUT2D eigenvalue weighted by Crippen LogP contribution is 2.22. The SMILES string of the molecule is O=C(CSC1CCCNC1)Nc1ccccc1Cl. The molecular formula is C13H17ClN2OS. The van der Waals surface area contributed by atoms with Gasteiger partial charge in [-0.3, -0.25) is 4.79 Å². The van der Waals surface area contributed by atoms with E-state index in [1.165, 1.54) is 12.8 Å². The summed E-state index contributed by atoms with van der Waals surface area (Å²) in [5, 5.41) is 7.31. The lowest BCUT2D eigenvalue weighted by Crippen LogP contribution is -2.32. The maximum absolute atomic E-state index is 11.8. The summed E-state index contributed by atoms with van der Waals surface area (Å²) < 4.78 is 0. The van der Waals surface area contributed by atoms with Crippen molar-refractivity contribution in [1.82, 2.24) is 5.32 Å². The Morgan fingerprint density at radius 3 is 3.06 bits per heavy atom. The molecule has 1 heterocycles. The van der Waals surface area contributed by atoms with Crippen LogP contribution in [-0.4, -0.2) is 30.0 Å². The fourth-order valence-electron chi connectivity index (χ4n) is 1.90. The predicted octanol–water partition coefficient (Wildman–Crippen LogP) is 2.76. The maximum Gasteiger partial charge on any atom is 0.234 e. The number of para-hydroxylation sites is 1. The molecule has 0 radical (unpaired) electrons. The Morgan fingerprint density at radius 2 is 2.33 bits per heavy atom. The number of carbonyl (C=O) groups is 1. The van der Waals surface area contributed by atoms with E-state index >= 15 is 0 Å². The van der Waals surface area contributed by atoms with Gasteiger partial charge in [0, 0.05) is 11.8 Å². The van der Waals surface area contributed by atoms with E-state index in [1.54, 1.807) is 17.8 Å². The summed E-state index contributed by atoms with van der Waals surface area (Å²) in [6.07, 6.45) is 2.39. The van der Waals surface area contributed by atoms with Crippen molar-refractivity contribution < 1.29 is 4.79 Å². The molecule has 1 aliphatic heterocycles. The standard InChI is InChI=1S/C13H17ClN2OS/c14-11-5-1-2-6-12(11)16-13(17)9-18-10-4-3-7-15-8-10/h1-2,5-6,10,15H,3-4,7-9H2,(H,16,17). The van der Waals surface area contributed by atoms with Crippen LogP contribution in [0.15, 0.2) is 24.3 Å². The fourth-order valence-corrected chi connectivity index (χ4v) is 3.12. The van der Waals surface area contributed by atoms with Crippen LogP contribution >= 0.6 is 23.4 Å². The molecule has 3 nitrogen and oxygen atoms in total. The smallest absolute Gasteiger partial charge is 0.234 e. The van der Waals surface area contributed by atoms with Gasteiger partial charge in [-0.1, -0.05) is 23.7 Å². The van der Waals surface area contributed by atoms with Crippen LogP contribution in [-0.2, 0) is 4.79 Å². The number of thioether (sulfide) groups is 1. The van der Waals surface area contributed by atoms with Crippen LogP contribution in [0.3, 0.4) is 0 Å². The van der Waals surface area contributed by atoms with Gasteiger partial charge in [-0.2, -0.15) is 0 Å². The van der Waals surface area contributed by atoms with E-state index in [9.17, 15) is 4.79 Å². The largest absolute Gasteiger partial charge is 0.324 e. The monoisotopic (exact) mass is 284 g/mol. The van der Waals surface area contributed by atoms with Crippen molar-refractivity contribution in [3.8, 4) is 0 Å². The number of piperidine rings is 1. The summed E-state index contributed by atoms with van der Waals surface area (Å²) in [7, 11) is 0. The molecule has 2 N–H and O–H groups in total. The highest BCUT2D eigenvalue weighted by molar-refractivity contribution is 8.00. The second-order valence-electron chi connectivity index (χ2n) is 4.31. The van der Waals surface area contributed by atoms with Gasteiger partial charge in [0.1, 0.15) is 0 Å². The molecule has 1 atom stereocenters. The van der Waals surface area contributed by atoms with Gasteiger partial charge in [0.2, 0.25) is 5.91 Å². The van der Waals surface area contributed by atoms with Crippen molar-refractivity contribution in [2.75, 3.05) is 24.2 Å². The Hall–Kier alpha value is -0.710. The lowest BCUT2D eigenvalue weighted by atomic mass is 10.2. The normalized spacial score (nSPS) is 19.5. The highest BCUT2D eigenvalue weighted by atomic mass is 35.5. The second-order valence-corrected chi connectivity index (χ2v) is 6.00. The molecule has 1 unspecified atom stereocenters. The molecule has 1 amide bonds. The zero-order valence-corrected chi connectivity index (χ0v) is 11.7. The summed E-state index contributed by atoms with van der Waals surface area (Å²) in [5.74, 6) is 0.496. The van der Waals surface area contributed by atoms with Gasteiger partial charge < -0.3 is 10.6 Å². The summed E-state index contributed by atoms with van der Waals surface area (Å²) in [6, 6.07) is 7.29. The van der Waals surface area contributed by atoms with Crippen LogP contribution in [0.4, 0.5) is 5.69 Å². The number of benzene rings is 1. The first-order valence-electron chi connectivity index (χ1n) is 6.12. The number of amides is 1. The lowest BCUT2D eigenvalue weighted by Gasteiger charge is -2.21. The topological polar surface area (TPSA) is 41.1 Å². The van der Waals surface area contributed by atoms with Crippen molar-refractivity contribution in [2.45, 2.75) is 18.1 Å². The third-order valence-electron chi connectivity index (χ3n) is 2.85. The average Bonchev–Trinajstić information content (AvgIpc) is 2.40. The minimum absolute atomic E-state index is 0.0127. The van der Waals surface area contributed by atoms with E-state index in [-0.39, 0.29) is 5.91 Å². The molecule has 0 spiro atoms. The van der Waals surface area contributed by atoms with Gasteiger partial charge >= 0.3 is 0 Å². The Morgan fingerprint density at radius 1 is 1.50 bits per heavy atom. The van der Waals surface area contributed by atoms with Crippen LogP contribution in [0.5, 0.6) is 0 Å². The summed E-state index contributed by atoms with van der Waals surface area (Å²) >= 11 is 7.70. The predicted molar refractivity (Wildman–Crippen MR) is 78.4 cm³/mol. The Kier molecular flexibility index (Phi) is 5.35. The van der Waals surface area contributed by atoms with Crippen molar-refractivity contribution in [2.24, 2.45) is 0 Å². The first-order valence-corrected chi connectivity index (χ1v) is 7.55. The molecule has 98 valence electrons. The van der Waals surface area contributed by atoms with Gasteiger partial charge in [0.05, 0.1) is 16.5 Å². The van der Waals surface area contributed by atoms with Crippen molar-refractivity contribution in [1.29, 1.82) is 0 Å². The van der Waals surface area contributed by atoms with Crippen LogP contribution in [0.2, 0.25) is 5.02 Å². The number of anilines is 1. The molecule has 18 heavy (non-hydrogen) atoms. The van der Waals surface area contributed by atoms with Crippen LogP contribution < -0.4 is 10.6 Å². The highest BCUT2D eigenvalue weighted by Gasteiger charge is 2.15. The zero-order valence-electron chi connectivity index (χ0n) is 10.1. The molecule has 1 aliphatic rings. The number of carbonyl (C=O) groups excluding carboxylic acids is 1. The Balaban J connectivity index is 1.76. The molecule has 0 aliphatic carbocycles. The molecule has 1 fully saturated rings. The Bertz CT molecular complexity index is 408. The van der Waals surface area contributed by atoms with Gasteiger partial charge in [-0.25, -0.2) is 0 Å². The molecule has 0 aromatic heterocycles. The molecule has 5 heteroatoms. The molecule has 1 saturated heterocycles. The fraction of sp³-hybridized carbons (Fsp3) is 0.462. The minimum atomic E-state index is 0.0127. The molecule has 1 aromatic carbocycles. The number of nitrogens with one attached hydrogen (secondary N) is 2. The van der Waals surface area contributed by atoms with Crippen LogP contribution in [0, 0.1) is 0 Å². The van der Waals surface area contributed by atoms with Crippen LogP contribution in [0.1, 0.15) is 12.8 Å². The van der Waals surface area contributed by atoms with E-state index in [0.29, 0.717) is 21.7 Å². The molecule has 0 bridgehead atoms. The third-order valence-corrected chi connectivity index (χ3v) is 4.48. The molecule has 1 aromatic rings. The Labute approximate surface area is 117 Å². The van der Waals surface area contributed by atoms with Crippen LogP contribution in [0.25, 0.3) is 0 Å². The van der Waals surface area contributed by atoms with E-state index in [4.69, 9.17) is 11.6 Å². The van der Waals surface area contributed by atoms with E-state index in [1.807, 2.05) is 18.2 Å². The van der Waals surface area contributed by atoms with Gasteiger partial charge in [0.25, 0.3) is 0 Å². The first-order chi connectivity index (χ1) is 8.75. The van der Waals surface area contributed by atoms with Gasteiger partial charge in [-0.05, 0) is 31.5 Å². The van der Waals surface area contributed by atoms with E-state index in [0.717, 1.165) is 13.1 Å². The number of hydrogen-bond donors (Lipinski definition) is 2. The first kappa shape index (κ1) is 13.7. The van der Waals surface area contributed by atoms with Gasteiger partial charge in [0.15, 0.2) is 0 Å². The molecular weight excluding hydrogens is 268 g/mol. The average molecular weight is 285 g/mol.